The number of carbonyl (C=O) groups is 2. The quantitative estimate of drug-likeness (QED) is 0.851. The highest BCUT2D eigenvalue weighted by molar-refractivity contribution is 5.85. The molecule has 0 spiro atoms. The fraction of sp³-hybridized carbons (Fsp3) is 0.176. The smallest absolute Gasteiger partial charge is 0.326 e. The van der Waals surface area contributed by atoms with Crippen molar-refractivity contribution in [2.45, 2.75) is 18.9 Å². The van der Waals surface area contributed by atoms with Crippen LogP contribution in [0.5, 0.6) is 0 Å². The number of carboxylic acids is 1. The van der Waals surface area contributed by atoms with Gasteiger partial charge in [0, 0.05) is 12.0 Å². The molecule has 7 heteroatoms. The Morgan fingerprint density at radius 3 is 2.12 bits per heavy atom. The molecule has 2 rings (SSSR count). The Kier molecular flexibility index (Phi) is 5.57. The van der Waals surface area contributed by atoms with Crippen molar-refractivity contribution in [3.8, 4) is 0 Å². The second-order valence-corrected chi connectivity index (χ2v) is 5.13. The second-order valence-electron chi connectivity index (χ2n) is 5.13. The van der Waals surface area contributed by atoms with Crippen LogP contribution in [0.3, 0.4) is 0 Å². The first-order chi connectivity index (χ1) is 11.4. The molecule has 0 radical (unpaired) electrons. The third-order valence-electron chi connectivity index (χ3n) is 3.41. The number of carbonyl (C=O) groups excluding carboxylic acids is 1. The number of amides is 1. The minimum Gasteiger partial charge on any atom is -0.480 e. The van der Waals surface area contributed by atoms with Crippen molar-refractivity contribution in [3.63, 3.8) is 0 Å². The van der Waals surface area contributed by atoms with Crippen LogP contribution in [0.1, 0.15) is 11.1 Å². The topological polar surface area (TPSA) is 66.4 Å². The summed E-state index contributed by atoms with van der Waals surface area (Å²) in [5, 5.41) is 11.3. The maximum absolute atomic E-state index is 13.6. The Hall–Kier alpha value is -2.83. The molecule has 0 aliphatic heterocycles. The molecule has 0 bridgehead atoms. The van der Waals surface area contributed by atoms with Crippen LogP contribution in [-0.2, 0) is 22.4 Å². The molecule has 4 nitrogen and oxygen atoms in total. The van der Waals surface area contributed by atoms with E-state index in [1.165, 1.54) is 24.3 Å². The summed E-state index contributed by atoms with van der Waals surface area (Å²) < 4.78 is 40.6. The number of rotatable bonds is 6. The summed E-state index contributed by atoms with van der Waals surface area (Å²) in [6.45, 7) is 0. The molecule has 0 aliphatic carbocycles. The van der Waals surface area contributed by atoms with E-state index in [2.05, 4.69) is 5.32 Å². The van der Waals surface area contributed by atoms with Gasteiger partial charge in [-0.05, 0) is 23.8 Å². The summed E-state index contributed by atoms with van der Waals surface area (Å²) in [6.07, 6.45) is -0.937. The number of hydrogen-bond donors (Lipinski definition) is 2. The Bertz CT molecular complexity index is 744. The second kappa shape index (κ2) is 7.63. The van der Waals surface area contributed by atoms with Crippen molar-refractivity contribution in [2.24, 2.45) is 0 Å². The van der Waals surface area contributed by atoms with Crippen molar-refractivity contribution in [2.75, 3.05) is 0 Å². The fourth-order valence-electron chi connectivity index (χ4n) is 2.19. The van der Waals surface area contributed by atoms with Gasteiger partial charge in [-0.2, -0.15) is 0 Å². The lowest BCUT2D eigenvalue weighted by Gasteiger charge is -2.15. The van der Waals surface area contributed by atoms with E-state index in [-0.39, 0.29) is 12.0 Å². The molecule has 1 atom stereocenters. The summed E-state index contributed by atoms with van der Waals surface area (Å²) in [5.41, 5.74) is -0.340. The minimum absolute atomic E-state index is 0.113. The number of hydrogen-bond acceptors (Lipinski definition) is 2. The average Bonchev–Trinajstić information content (AvgIpc) is 2.52. The maximum Gasteiger partial charge on any atom is 0.326 e. The van der Waals surface area contributed by atoms with Crippen LogP contribution in [0.15, 0.2) is 42.5 Å². The van der Waals surface area contributed by atoms with E-state index in [1.54, 1.807) is 0 Å². The molecule has 0 fully saturated rings. The van der Waals surface area contributed by atoms with Crippen molar-refractivity contribution in [1.29, 1.82) is 0 Å². The first-order valence-corrected chi connectivity index (χ1v) is 7.07. The van der Waals surface area contributed by atoms with Gasteiger partial charge < -0.3 is 10.4 Å². The highest BCUT2D eigenvalue weighted by Gasteiger charge is 2.23. The van der Waals surface area contributed by atoms with E-state index < -0.39 is 47.4 Å². The van der Waals surface area contributed by atoms with E-state index in [1.807, 2.05) is 0 Å². The first-order valence-electron chi connectivity index (χ1n) is 7.07. The predicted molar refractivity (Wildman–Crippen MR) is 79.7 cm³/mol. The van der Waals surface area contributed by atoms with Gasteiger partial charge >= 0.3 is 5.97 Å². The lowest BCUT2D eigenvalue weighted by molar-refractivity contribution is -0.141. The van der Waals surface area contributed by atoms with E-state index in [4.69, 9.17) is 5.11 Å². The van der Waals surface area contributed by atoms with Gasteiger partial charge in [0.15, 0.2) is 0 Å². The van der Waals surface area contributed by atoms with Crippen LogP contribution in [0.2, 0.25) is 0 Å². The van der Waals surface area contributed by atoms with Crippen molar-refractivity contribution in [1.82, 2.24) is 5.32 Å². The molecule has 2 aromatic carbocycles. The maximum atomic E-state index is 13.6. The number of benzene rings is 2. The van der Waals surface area contributed by atoms with Gasteiger partial charge in [-0.1, -0.05) is 24.3 Å². The van der Waals surface area contributed by atoms with Gasteiger partial charge in [0.05, 0.1) is 6.42 Å². The van der Waals surface area contributed by atoms with Crippen LogP contribution in [0, 0.1) is 17.5 Å². The summed E-state index contributed by atoms with van der Waals surface area (Å²) >= 11 is 0. The van der Waals surface area contributed by atoms with Crippen molar-refractivity contribution < 1.29 is 27.9 Å². The molecule has 24 heavy (non-hydrogen) atoms. The fourth-order valence-corrected chi connectivity index (χ4v) is 2.19. The lowest BCUT2D eigenvalue weighted by Crippen LogP contribution is -2.43. The predicted octanol–water partition coefficient (Wildman–Crippen LogP) is 2.46. The van der Waals surface area contributed by atoms with Crippen LogP contribution in [0.25, 0.3) is 0 Å². The van der Waals surface area contributed by atoms with Gasteiger partial charge in [0.1, 0.15) is 23.5 Å². The molecule has 0 unspecified atom stereocenters. The molecule has 0 saturated heterocycles. The van der Waals surface area contributed by atoms with E-state index in [0.717, 1.165) is 18.2 Å². The van der Waals surface area contributed by atoms with Gasteiger partial charge in [-0.15, -0.1) is 0 Å². The number of nitrogens with one attached hydrogen (secondary N) is 1. The first kappa shape index (κ1) is 17.5. The lowest BCUT2D eigenvalue weighted by atomic mass is 10.0. The third kappa shape index (κ3) is 4.34. The zero-order valence-electron chi connectivity index (χ0n) is 12.4. The average molecular weight is 337 g/mol. The van der Waals surface area contributed by atoms with E-state index in [9.17, 15) is 22.8 Å². The molecular weight excluding hydrogens is 323 g/mol. The number of carboxylic acid groups (broad SMARTS) is 1. The summed E-state index contributed by atoms with van der Waals surface area (Å²) in [4.78, 5) is 23.2. The molecule has 0 heterocycles. The number of halogens is 3. The standard InChI is InChI=1S/C17H14F3NO3/c18-12-5-2-1-4-10(12)8-15(17(23)24)21-16(22)9-11-13(19)6-3-7-14(11)20/h1-7,15H,8-9H2,(H,21,22)(H,23,24)/t15-/m0/s1. The van der Waals surface area contributed by atoms with Gasteiger partial charge in [-0.25, -0.2) is 18.0 Å². The molecule has 0 saturated carbocycles. The Morgan fingerprint density at radius 2 is 1.54 bits per heavy atom. The van der Waals surface area contributed by atoms with E-state index in [0.29, 0.717) is 0 Å². The molecule has 0 aromatic heterocycles. The SMILES string of the molecule is O=C(Cc1c(F)cccc1F)N[C@@H](Cc1ccccc1F)C(=O)O. The monoisotopic (exact) mass is 337 g/mol. The summed E-state index contributed by atoms with van der Waals surface area (Å²) in [6, 6.07) is 7.30. The summed E-state index contributed by atoms with van der Waals surface area (Å²) in [5.74, 6) is -4.64. The van der Waals surface area contributed by atoms with Crippen LogP contribution < -0.4 is 5.32 Å². The van der Waals surface area contributed by atoms with Gasteiger partial charge in [-0.3, -0.25) is 4.79 Å². The van der Waals surface area contributed by atoms with Gasteiger partial charge in [0.2, 0.25) is 5.91 Å². The van der Waals surface area contributed by atoms with Crippen molar-refractivity contribution in [3.05, 3.63) is 71.0 Å². The van der Waals surface area contributed by atoms with Crippen LogP contribution in [0.4, 0.5) is 13.2 Å². The Labute approximate surface area is 135 Å². The summed E-state index contributed by atoms with van der Waals surface area (Å²) in [7, 11) is 0. The molecule has 1 amide bonds. The molecule has 126 valence electrons. The van der Waals surface area contributed by atoms with E-state index >= 15 is 0 Å². The Balaban J connectivity index is 2.09. The van der Waals surface area contributed by atoms with Crippen LogP contribution in [-0.4, -0.2) is 23.0 Å². The van der Waals surface area contributed by atoms with Crippen LogP contribution >= 0.6 is 0 Å². The molecule has 2 N–H and O–H groups in total. The normalized spacial score (nSPS) is 11.8. The minimum atomic E-state index is -1.41. The zero-order valence-corrected chi connectivity index (χ0v) is 12.4. The Morgan fingerprint density at radius 1 is 0.958 bits per heavy atom. The largest absolute Gasteiger partial charge is 0.480 e. The highest BCUT2D eigenvalue weighted by atomic mass is 19.1. The van der Waals surface area contributed by atoms with Gasteiger partial charge in [0.25, 0.3) is 0 Å². The zero-order chi connectivity index (χ0) is 17.7. The van der Waals surface area contributed by atoms with Crippen molar-refractivity contribution >= 4 is 11.9 Å². The molecular formula is C17H14F3NO3. The third-order valence-corrected chi connectivity index (χ3v) is 3.41. The number of aliphatic carboxylic acids is 1. The molecule has 2 aromatic rings. The molecule has 0 aliphatic rings. The highest BCUT2D eigenvalue weighted by Crippen LogP contribution is 2.13.